The van der Waals surface area contributed by atoms with Crippen LogP contribution in [0.15, 0.2) is 41.0 Å². The standard InChI is InChI=1S/C14H15BrFN3/c1-19(14-13(16)6-12(15)8-18-14)9-11-5-3-2-4-10(11)7-17/h2-6,8H,7,9,17H2,1H3. The molecule has 2 N–H and O–H groups in total. The highest BCUT2D eigenvalue weighted by atomic mass is 79.9. The van der Waals surface area contributed by atoms with Gasteiger partial charge in [-0.25, -0.2) is 9.37 Å². The van der Waals surface area contributed by atoms with E-state index in [1.165, 1.54) is 6.07 Å². The number of anilines is 1. The molecule has 1 heterocycles. The van der Waals surface area contributed by atoms with Gasteiger partial charge in [0.2, 0.25) is 0 Å². The number of hydrogen-bond acceptors (Lipinski definition) is 3. The zero-order valence-electron chi connectivity index (χ0n) is 10.6. The highest BCUT2D eigenvalue weighted by Crippen LogP contribution is 2.21. The number of rotatable bonds is 4. The largest absolute Gasteiger partial charge is 0.353 e. The fourth-order valence-electron chi connectivity index (χ4n) is 1.93. The summed E-state index contributed by atoms with van der Waals surface area (Å²) in [5.41, 5.74) is 7.84. The van der Waals surface area contributed by atoms with Crippen molar-refractivity contribution in [3.05, 3.63) is 57.9 Å². The lowest BCUT2D eigenvalue weighted by molar-refractivity contribution is 0.613. The van der Waals surface area contributed by atoms with E-state index >= 15 is 0 Å². The quantitative estimate of drug-likeness (QED) is 0.940. The Morgan fingerprint density at radius 1 is 1.32 bits per heavy atom. The van der Waals surface area contributed by atoms with Gasteiger partial charge >= 0.3 is 0 Å². The topological polar surface area (TPSA) is 42.1 Å². The number of benzene rings is 1. The van der Waals surface area contributed by atoms with Gasteiger partial charge in [0, 0.05) is 30.8 Å². The Labute approximate surface area is 120 Å². The summed E-state index contributed by atoms with van der Waals surface area (Å²) in [5.74, 6) is -0.0165. The molecule has 0 saturated carbocycles. The van der Waals surface area contributed by atoms with E-state index in [4.69, 9.17) is 5.73 Å². The summed E-state index contributed by atoms with van der Waals surface area (Å²) < 4.78 is 14.5. The van der Waals surface area contributed by atoms with E-state index < -0.39 is 0 Å². The van der Waals surface area contributed by atoms with Gasteiger partial charge < -0.3 is 10.6 Å². The lowest BCUT2D eigenvalue weighted by Gasteiger charge is -2.20. The maximum absolute atomic E-state index is 13.8. The maximum Gasteiger partial charge on any atom is 0.166 e. The summed E-state index contributed by atoms with van der Waals surface area (Å²) in [6, 6.07) is 9.29. The minimum atomic E-state index is -0.345. The predicted molar refractivity (Wildman–Crippen MR) is 78.3 cm³/mol. The summed E-state index contributed by atoms with van der Waals surface area (Å²) in [4.78, 5) is 5.88. The average Bonchev–Trinajstić information content (AvgIpc) is 2.39. The van der Waals surface area contributed by atoms with Gasteiger partial charge in [-0.05, 0) is 33.1 Å². The van der Waals surface area contributed by atoms with Gasteiger partial charge in [0.05, 0.1) is 0 Å². The number of halogens is 2. The zero-order valence-corrected chi connectivity index (χ0v) is 12.2. The molecule has 1 aromatic heterocycles. The molecule has 0 aliphatic heterocycles. The fourth-order valence-corrected chi connectivity index (χ4v) is 2.23. The first kappa shape index (κ1) is 14.0. The van der Waals surface area contributed by atoms with Crippen molar-refractivity contribution in [1.29, 1.82) is 0 Å². The van der Waals surface area contributed by atoms with Crippen LogP contribution in [0.2, 0.25) is 0 Å². The molecule has 19 heavy (non-hydrogen) atoms. The molecular formula is C14H15BrFN3. The van der Waals surface area contributed by atoms with Crippen LogP contribution in [0, 0.1) is 5.82 Å². The van der Waals surface area contributed by atoms with Gasteiger partial charge in [-0.1, -0.05) is 24.3 Å². The van der Waals surface area contributed by atoms with Crippen LogP contribution >= 0.6 is 15.9 Å². The maximum atomic E-state index is 13.8. The fraction of sp³-hybridized carbons (Fsp3) is 0.214. The van der Waals surface area contributed by atoms with Crippen LogP contribution < -0.4 is 10.6 Å². The normalized spacial score (nSPS) is 10.5. The molecule has 2 aromatic rings. The van der Waals surface area contributed by atoms with Crippen LogP contribution in [-0.2, 0) is 13.1 Å². The third-order valence-electron chi connectivity index (χ3n) is 2.90. The van der Waals surface area contributed by atoms with E-state index in [9.17, 15) is 4.39 Å². The summed E-state index contributed by atoms with van der Waals surface area (Å²) >= 11 is 3.20. The van der Waals surface area contributed by atoms with Crippen molar-refractivity contribution >= 4 is 21.7 Å². The Morgan fingerprint density at radius 2 is 2.00 bits per heavy atom. The summed E-state index contributed by atoms with van der Waals surface area (Å²) in [5, 5.41) is 0. The van der Waals surface area contributed by atoms with E-state index in [2.05, 4.69) is 20.9 Å². The van der Waals surface area contributed by atoms with Crippen LogP contribution in [0.3, 0.4) is 0 Å². The molecule has 0 radical (unpaired) electrons. The Bertz CT molecular complexity index is 574. The summed E-state index contributed by atoms with van der Waals surface area (Å²) in [7, 11) is 1.81. The minimum Gasteiger partial charge on any atom is -0.353 e. The van der Waals surface area contributed by atoms with E-state index in [-0.39, 0.29) is 5.82 Å². The summed E-state index contributed by atoms with van der Waals surface area (Å²) in [6.45, 7) is 1.04. The predicted octanol–water partition coefficient (Wildman–Crippen LogP) is 3.08. The van der Waals surface area contributed by atoms with Crippen molar-refractivity contribution < 1.29 is 4.39 Å². The van der Waals surface area contributed by atoms with E-state index in [0.29, 0.717) is 23.4 Å². The second kappa shape index (κ2) is 6.12. The molecule has 0 saturated heterocycles. The molecule has 100 valence electrons. The van der Waals surface area contributed by atoms with Crippen LogP contribution in [0.4, 0.5) is 10.2 Å². The Hall–Kier alpha value is -1.46. The smallest absolute Gasteiger partial charge is 0.166 e. The Kier molecular flexibility index (Phi) is 4.50. The monoisotopic (exact) mass is 323 g/mol. The first-order chi connectivity index (χ1) is 9.11. The molecule has 2 rings (SSSR count). The molecule has 0 amide bonds. The Morgan fingerprint density at radius 3 is 2.63 bits per heavy atom. The van der Waals surface area contributed by atoms with Crippen molar-refractivity contribution in [2.24, 2.45) is 5.73 Å². The second-order valence-electron chi connectivity index (χ2n) is 4.29. The third-order valence-corrected chi connectivity index (χ3v) is 3.33. The molecule has 0 unspecified atom stereocenters. The van der Waals surface area contributed by atoms with E-state index in [0.717, 1.165) is 11.1 Å². The molecular weight excluding hydrogens is 309 g/mol. The van der Waals surface area contributed by atoms with Crippen LogP contribution in [0.25, 0.3) is 0 Å². The van der Waals surface area contributed by atoms with Crippen molar-refractivity contribution in [2.75, 3.05) is 11.9 Å². The number of nitrogens with zero attached hydrogens (tertiary/aromatic N) is 2. The van der Waals surface area contributed by atoms with Crippen molar-refractivity contribution in [2.45, 2.75) is 13.1 Å². The van der Waals surface area contributed by atoms with Gasteiger partial charge in [0.1, 0.15) is 0 Å². The lowest BCUT2D eigenvalue weighted by Crippen LogP contribution is -2.20. The van der Waals surface area contributed by atoms with Crippen molar-refractivity contribution in [3.63, 3.8) is 0 Å². The third kappa shape index (κ3) is 3.30. The molecule has 0 atom stereocenters. The van der Waals surface area contributed by atoms with Gasteiger partial charge in [-0.3, -0.25) is 0 Å². The van der Waals surface area contributed by atoms with Crippen molar-refractivity contribution in [1.82, 2.24) is 4.98 Å². The van der Waals surface area contributed by atoms with Gasteiger partial charge in [0.25, 0.3) is 0 Å². The first-order valence-electron chi connectivity index (χ1n) is 5.91. The molecule has 1 aromatic carbocycles. The number of nitrogens with two attached hydrogens (primary N) is 1. The number of hydrogen-bond donors (Lipinski definition) is 1. The average molecular weight is 324 g/mol. The molecule has 0 fully saturated rings. The molecule has 0 aliphatic carbocycles. The van der Waals surface area contributed by atoms with E-state index in [1.807, 2.05) is 31.3 Å². The number of aromatic nitrogens is 1. The highest BCUT2D eigenvalue weighted by molar-refractivity contribution is 9.10. The lowest BCUT2D eigenvalue weighted by atomic mass is 10.1. The molecule has 3 nitrogen and oxygen atoms in total. The molecule has 0 aliphatic rings. The van der Waals surface area contributed by atoms with Crippen molar-refractivity contribution in [3.8, 4) is 0 Å². The van der Waals surface area contributed by atoms with Gasteiger partial charge in [0.15, 0.2) is 11.6 Å². The summed E-state index contributed by atoms with van der Waals surface area (Å²) in [6.07, 6.45) is 1.59. The van der Waals surface area contributed by atoms with Crippen LogP contribution in [-0.4, -0.2) is 12.0 Å². The Balaban J connectivity index is 2.23. The molecule has 0 spiro atoms. The molecule has 0 bridgehead atoms. The van der Waals surface area contributed by atoms with Crippen LogP contribution in [0.1, 0.15) is 11.1 Å². The first-order valence-corrected chi connectivity index (χ1v) is 6.70. The minimum absolute atomic E-state index is 0.329. The van der Waals surface area contributed by atoms with Crippen LogP contribution in [0.5, 0.6) is 0 Å². The van der Waals surface area contributed by atoms with Gasteiger partial charge in [-0.2, -0.15) is 0 Å². The SMILES string of the molecule is CN(Cc1ccccc1CN)c1ncc(Br)cc1F. The number of pyridine rings is 1. The highest BCUT2D eigenvalue weighted by Gasteiger charge is 2.11. The van der Waals surface area contributed by atoms with Gasteiger partial charge in [-0.15, -0.1) is 0 Å². The van der Waals surface area contributed by atoms with E-state index in [1.54, 1.807) is 11.1 Å². The molecule has 5 heteroatoms. The zero-order chi connectivity index (χ0) is 13.8. The second-order valence-corrected chi connectivity index (χ2v) is 5.20.